The molecule has 0 atom stereocenters. The van der Waals surface area contributed by atoms with Gasteiger partial charge in [-0.2, -0.15) is 18.2 Å². The minimum atomic E-state index is -4.82. The van der Waals surface area contributed by atoms with Gasteiger partial charge >= 0.3 is 12.1 Å². The molecule has 1 aromatic rings. The quantitative estimate of drug-likeness (QED) is 0.902. The zero-order chi connectivity index (χ0) is 13.9. The first-order valence-corrected chi connectivity index (χ1v) is 5.02. The molecule has 0 aliphatic heterocycles. The normalized spacial score (nSPS) is 11.7. The van der Waals surface area contributed by atoms with Crippen LogP contribution in [0.15, 0.2) is 6.07 Å². The average Bonchev–Trinajstić information content (AvgIpc) is 2.24. The zero-order valence-electron chi connectivity index (χ0n) is 9.65. The maximum atomic E-state index is 12.4. The molecule has 1 aromatic heterocycles. The maximum Gasteiger partial charge on any atom is 0.451 e. The summed E-state index contributed by atoms with van der Waals surface area (Å²) < 4.78 is 42.3. The average molecular weight is 264 g/mol. The van der Waals surface area contributed by atoms with Gasteiger partial charge in [-0.1, -0.05) is 13.8 Å². The number of nitrogens with zero attached hydrogens (tertiary/aromatic N) is 2. The smallest absolute Gasteiger partial charge is 0.451 e. The number of hydrogen-bond donors (Lipinski definition) is 1. The zero-order valence-corrected chi connectivity index (χ0v) is 9.65. The van der Waals surface area contributed by atoms with Gasteiger partial charge in [0.2, 0.25) is 11.7 Å². The lowest BCUT2D eigenvalue weighted by Gasteiger charge is -2.11. The van der Waals surface area contributed by atoms with Crippen LogP contribution < -0.4 is 4.74 Å². The van der Waals surface area contributed by atoms with Gasteiger partial charge in [-0.25, -0.2) is 9.78 Å². The van der Waals surface area contributed by atoms with Crippen LogP contribution in [-0.4, -0.2) is 27.7 Å². The van der Waals surface area contributed by atoms with Gasteiger partial charge in [-0.3, -0.25) is 0 Å². The Labute approximate surface area is 101 Å². The lowest BCUT2D eigenvalue weighted by Crippen LogP contribution is -2.16. The number of rotatable bonds is 4. The van der Waals surface area contributed by atoms with Gasteiger partial charge in [0.1, 0.15) is 0 Å². The van der Waals surface area contributed by atoms with Crippen LogP contribution in [0.2, 0.25) is 0 Å². The van der Waals surface area contributed by atoms with E-state index in [1.165, 1.54) is 0 Å². The summed E-state index contributed by atoms with van der Waals surface area (Å²) >= 11 is 0. The van der Waals surface area contributed by atoms with Crippen molar-refractivity contribution >= 4 is 5.97 Å². The van der Waals surface area contributed by atoms with E-state index in [0.717, 1.165) is 6.07 Å². The number of aromatic carboxylic acids is 1. The lowest BCUT2D eigenvalue weighted by molar-refractivity contribution is -0.145. The molecule has 0 fully saturated rings. The van der Waals surface area contributed by atoms with E-state index in [1.807, 2.05) is 0 Å². The molecule has 100 valence electrons. The predicted octanol–water partition coefficient (Wildman–Crippen LogP) is 2.23. The summed E-state index contributed by atoms with van der Waals surface area (Å²) in [5.41, 5.74) is -0.754. The van der Waals surface area contributed by atoms with E-state index in [4.69, 9.17) is 9.84 Å². The molecule has 0 spiro atoms. The van der Waals surface area contributed by atoms with Gasteiger partial charge in [-0.15, -0.1) is 0 Å². The second kappa shape index (κ2) is 5.19. The van der Waals surface area contributed by atoms with Crippen LogP contribution in [-0.2, 0) is 6.18 Å². The lowest BCUT2D eigenvalue weighted by atomic mass is 10.2. The fraction of sp³-hybridized carbons (Fsp3) is 0.500. The third-order valence-electron chi connectivity index (χ3n) is 1.74. The van der Waals surface area contributed by atoms with Crippen LogP contribution in [0.4, 0.5) is 13.2 Å². The minimum absolute atomic E-state index is 0.0718. The van der Waals surface area contributed by atoms with Crippen molar-refractivity contribution in [3.63, 3.8) is 0 Å². The van der Waals surface area contributed by atoms with Gasteiger partial charge in [0.25, 0.3) is 0 Å². The van der Waals surface area contributed by atoms with Crippen LogP contribution in [0.5, 0.6) is 5.88 Å². The number of aromatic nitrogens is 2. The Balaban J connectivity index is 3.10. The molecule has 8 heteroatoms. The summed E-state index contributed by atoms with van der Waals surface area (Å²) in [5, 5.41) is 8.66. The molecule has 1 rings (SSSR count). The molecule has 0 aromatic carbocycles. The standard InChI is InChI=1S/C10H11F3N2O3/c1-5(2)4-18-7-3-6(8(16)17)14-9(15-7)10(11,12)13/h3,5H,4H2,1-2H3,(H,16,17). The summed E-state index contributed by atoms with van der Waals surface area (Å²) in [5.74, 6) is -3.43. The number of alkyl halides is 3. The Bertz CT molecular complexity index is 446. The molecular weight excluding hydrogens is 253 g/mol. The molecule has 0 amide bonds. The van der Waals surface area contributed by atoms with Crippen molar-refractivity contribution in [2.24, 2.45) is 5.92 Å². The third kappa shape index (κ3) is 3.86. The fourth-order valence-corrected chi connectivity index (χ4v) is 0.987. The van der Waals surface area contributed by atoms with E-state index in [-0.39, 0.29) is 12.5 Å². The molecule has 1 heterocycles. The van der Waals surface area contributed by atoms with E-state index in [0.29, 0.717) is 0 Å². The Hall–Kier alpha value is -1.86. The molecule has 0 aliphatic carbocycles. The fourth-order valence-electron chi connectivity index (χ4n) is 0.987. The van der Waals surface area contributed by atoms with Crippen LogP contribution in [0.3, 0.4) is 0 Å². The highest BCUT2D eigenvalue weighted by Crippen LogP contribution is 2.27. The van der Waals surface area contributed by atoms with Crippen LogP contribution >= 0.6 is 0 Å². The first-order valence-electron chi connectivity index (χ1n) is 5.02. The van der Waals surface area contributed by atoms with Gasteiger partial charge in [-0.05, 0) is 5.92 Å². The number of carbonyl (C=O) groups is 1. The summed E-state index contributed by atoms with van der Waals surface area (Å²) in [6, 6.07) is 0.861. The molecule has 0 aliphatic rings. The molecule has 0 unspecified atom stereocenters. The SMILES string of the molecule is CC(C)COc1cc(C(=O)O)nc(C(F)(F)F)n1. The molecule has 5 nitrogen and oxygen atoms in total. The molecule has 0 saturated carbocycles. The molecular formula is C10H11F3N2O3. The predicted molar refractivity (Wildman–Crippen MR) is 54.3 cm³/mol. The van der Waals surface area contributed by atoms with Crippen molar-refractivity contribution < 1.29 is 27.8 Å². The van der Waals surface area contributed by atoms with Crippen molar-refractivity contribution in [3.8, 4) is 5.88 Å². The van der Waals surface area contributed by atoms with Crippen molar-refractivity contribution in [3.05, 3.63) is 17.6 Å². The Morgan fingerprint density at radius 1 is 1.44 bits per heavy atom. The first-order chi connectivity index (χ1) is 8.20. The van der Waals surface area contributed by atoms with Gasteiger partial charge < -0.3 is 9.84 Å². The molecule has 0 radical (unpaired) electrons. The second-order valence-corrected chi connectivity index (χ2v) is 3.92. The van der Waals surface area contributed by atoms with Crippen LogP contribution in [0, 0.1) is 5.92 Å². The van der Waals surface area contributed by atoms with E-state index < -0.39 is 29.5 Å². The number of carboxylic acids is 1. The van der Waals surface area contributed by atoms with Crippen molar-refractivity contribution in [2.45, 2.75) is 20.0 Å². The highest BCUT2D eigenvalue weighted by atomic mass is 19.4. The second-order valence-electron chi connectivity index (χ2n) is 3.92. The van der Waals surface area contributed by atoms with Crippen molar-refractivity contribution in [1.82, 2.24) is 9.97 Å². The molecule has 0 bridgehead atoms. The number of ether oxygens (including phenoxy) is 1. The van der Waals surface area contributed by atoms with E-state index in [2.05, 4.69) is 9.97 Å². The van der Waals surface area contributed by atoms with Crippen molar-refractivity contribution in [2.75, 3.05) is 6.61 Å². The maximum absolute atomic E-state index is 12.4. The minimum Gasteiger partial charge on any atom is -0.477 e. The van der Waals surface area contributed by atoms with E-state index >= 15 is 0 Å². The first kappa shape index (κ1) is 14.2. The summed E-state index contributed by atoms with van der Waals surface area (Å²) in [7, 11) is 0. The Morgan fingerprint density at radius 2 is 2.06 bits per heavy atom. The molecule has 18 heavy (non-hydrogen) atoms. The largest absolute Gasteiger partial charge is 0.477 e. The monoisotopic (exact) mass is 264 g/mol. The van der Waals surface area contributed by atoms with Crippen LogP contribution in [0.25, 0.3) is 0 Å². The number of carboxylic acid groups (broad SMARTS) is 1. The summed E-state index contributed by atoms with van der Waals surface area (Å²) in [6.45, 7) is 3.72. The molecule has 0 saturated heterocycles. The third-order valence-corrected chi connectivity index (χ3v) is 1.74. The van der Waals surface area contributed by atoms with E-state index in [9.17, 15) is 18.0 Å². The van der Waals surface area contributed by atoms with Gasteiger partial charge in [0, 0.05) is 6.07 Å². The summed E-state index contributed by atoms with van der Waals surface area (Å²) in [6.07, 6.45) is -4.82. The van der Waals surface area contributed by atoms with E-state index in [1.54, 1.807) is 13.8 Å². The van der Waals surface area contributed by atoms with Crippen LogP contribution in [0.1, 0.15) is 30.2 Å². The van der Waals surface area contributed by atoms with Gasteiger partial charge in [0.15, 0.2) is 5.69 Å². The molecule has 1 N–H and O–H groups in total. The Morgan fingerprint density at radius 3 is 2.50 bits per heavy atom. The number of hydrogen-bond acceptors (Lipinski definition) is 4. The van der Waals surface area contributed by atoms with Crippen molar-refractivity contribution in [1.29, 1.82) is 0 Å². The van der Waals surface area contributed by atoms with Gasteiger partial charge in [0.05, 0.1) is 6.61 Å². The Kier molecular flexibility index (Phi) is 4.10. The number of halogens is 3. The highest BCUT2D eigenvalue weighted by molar-refractivity contribution is 5.85. The highest BCUT2D eigenvalue weighted by Gasteiger charge is 2.36. The summed E-state index contributed by atoms with van der Waals surface area (Å²) in [4.78, 5) is 16.7. The topological polar surface area (TPSA) is 72.3 Å².